The van der Waals surface area contributed by atoms with Crippen LogP contribution in [0.5, 0.6) is 5.75 Å². The van der Waals surface area contributed by atoms with Gasteiger partial charge >= 0.3 is 5.97 Å². The third-order valence-corrected chi connectivity index (χ3v) is 2.10. The summed E-state index contributed by atoms with van der Waals surface area (Å²) in [6.07, 6.45) is -0.712. The Morgan fingerprint density at radius 2 is 1.79 bits per heavy atom. The topological polar surface area (TPSA) is 64.6 Å². The fraction of sp³-hybridized carbons (Fsp3) is 0.286. The van der Waals surface area contributed by atoms with Gasteiger partial charge in [-0.3, -0.25) is 4.79 Å². The number of anilines is 1. The average Bonchev–Trinajstić information content (AvgIpc) is 2.30. The molecule has 0 heterocycles. The average molecular weight is 263 g/mol. The molecule has 1 aromatic rings. The van der Waals surface area contributed by atoms with Crippen LogP contribution in [-0.2, 0) is 14.3 Å². The van der Waals surface area contributed by atoms with Gasteiger partial charge in [0, 0.05) is 25.1 Å². The number of carbonyl (C=O) groups is 2. The molecule has 1 amide bonds. The largest absolute Gasteiger partial charge is 0.455 e. The van der Waals surface area contributed by atoms with E-state index in [2.05, 4.69) is 11.9 Å². The molecule has 5 nitrogen and oxygen atoms in total. The van der Waals surface area contributed by atoms with E-state index in [1.807, 2.05) is 0 Å². The molecule has 102 valence electrons. The van der Waals surface area contributed by atoms with Crippen molar-refractivity contribution in [3.63, 3.8) is 0 Å². The highest BCUT2D eigenvalue weighted by Crippen LogP contribution is 2.17. The van der Waals surface area contributed by atoms with Crippen molar-refractivity contribution in [1.82, 2.24) is 0 Å². The second-order valence-corrected chi connectivity index (χ2v) is 4.08. The molecule has 0 aliphatic carbocycles. The van der Waals surface area contributed by atoms with E-state index < -0.39 is 12.3 Å². The molecule has 5 heteroatoms. The number of nitrogens with one attached hydrogen (secondary N) is 1. The quantitative estimate of drug-likeness (QED) is 0.503. The predicted molar refractivity (Wildman–Crippen MR) is 71.7 cm³/mol. The lowest BCUT2D eigenvalue weighted by molar-refractivity contribution is -0.156. The van der Waals surface area contributed by atoms with E-state index in [1.165, 1.54) is 6.92 Å². The van der Waals surface area contributed by atoms with Gasteiger partial charge in [0.05, 0.1) is 0 Å². The molecular weight excluding hydrogens is 246 g/mol. The first-order valence-corrected chi connectivity index (χ1v) is 5.79. The van der Waals surface area contributed by atoms with E-state index in [9.17, 15) is 9.59 Å². The van der Waals surface area contributed by atoms with Gasteiger partial charge in [0.25, 0.3) is 0 Å². The lowest BCUT2D eigenvalue weighted by atomic mass is 10.3. The summed E-state index contributed by atoms with van der Waals surface area (Å²) in [4.78, 5) is 22.1. The van der Waals surface area contributed by atoms with Crippen LogP contribution in [0.15, 0.2) is 36.4 Å². The first-order valence-electron chi connectivity index (χ1n) is 5.79. The van der Waals surface area contributed by atoms with E-state index >= 15 is 0 Å². The molecule has 0 aromatic heterocycles. The van der Waals surface area contributed by atoms with Gasteiger partial charge < -0.3 is 14.8 Å². The van der Waals surface area contributed by atoms with Gasteiger partial charge in [0.15, 0.2) is 0 Å². The van der Waals surface area contributed by atoms with Crippen molar-refractivity contribution >= 4 is 17.6 Å². The Morgan fingerprint density at radius 1 is 1.21 bits per heavy atom. The Morgan fingerprint density at radius 3 is 2.26 bits per heavy atom. The van der Waals surface area contributed by atoms with E-state index in [1.54, 1.807) is 38.1 Å². The molecule has 0 spiro atoms. The van der Waals surface area contributed by atoms with Gasteiger partial charge in [-0.15, -0.1) is 0 Å². The lowest BCUT2D eigenvalue weighted by Gasteiger charge is -2.15. The molecular formula is C14H17NO4. The molecule has 1 N–H and O–H groups in total. The SMILES string of the molecule is C=C(C)C(=O)OC(C)Oc1ccc(NC(C)=O)cc1. The van der Waals surface area contributed by atoms with Crippen LogP contribution < -0.4 is 10.1 Å². The Balaban J connectivity index is 2.55. The van der Waals surface area contributed by atoms with Gasteiger partial charge in [0.2, 0.25) is 12.2 Å². The number of esters is 1. The minimum Gasteiger partial charge on any atom is -0.455 e. The molecule has 0 saturated carbocycles. The minimum absolute atomic E-state index is 0.141. The van der Waals surface area contributed by atoms with E-state index in [0.717, 1.165) is 0 Å². The number of hydrogen-bond donors (Lipinski definition) is 1. The smallest absolute Gasteiger partial charge is 0.336 e. The van der Waals surface area contributed by atoms with Gasteiger partial charge in [-0.25, -0.2) is 4.79 Å². The molecule has 0 bridgehead atoms. The summed E-state index contributed by atoms with van der Waals surface area (Å²) in [5, 5.41) is 2.64. The minimum atomic E-state index is -0.712. The zero-order valence-corrected chi connectivity index (χ0v) is 11.2. The molecule has 0 saturated heterocycles. The van der Waals surface area contributed by atoms with Crippen LogP contribution in [-0.4, -0.2) is 18.2 Å². The van der Waals surface area contributed by atoms with Crippen LogP contribution in [0.3, 0.4) is 0 Å². The zero-order valence-electron chi connectivity index (χ0n) is 11.2. The van der Waals surface area contributed by atoms with Gasteiger partial charge in [-0.2, -0.15) is 0 Å². The summed E-state index contributed by atoms with van der Waals surface area (Å²) in [5.74, 6) is -0.101. The standard InChI is InChI=1S/C14H17NO4/c1-9(2)14(17)19-11(4)18-13-7-5-12(6-8-13)15-10(3)16/h5-8,11H,1H2,2-4H3,(H,15,16). The predicted octanol–water partition coefficient (Wildman–Crippen LogP) is 2.49. The number of benzene rings is 1. The normalized spacial score (nSPS) is 11.3. The first kappa shape index (κ1) is 14.8. The summed E-state index contributed by atoms with van der Waals surface area (Å²) >= 11 is 0. The Bertz CT molecular complexity index is 479. The summed E-state index contributed by atoms with van der Waals surface area (Å²) in [5.41, 5.74) is 0.989. The Hall–Kier alpha value is -2.30. The molecule has 1 rings (SSSR count). The molecule has 19 heavy (non-hydrogen) atoms. The first-order chi connectivity index (χ1) is 8.88. The molecule has 0 fully saturated rings. The van der Waals surface area contributed by atoms with Gasteiger partial charge in [-0.1, -0.05) is 6.58 Å². The van der Waals surface area contributed by atoms with Crippen molar-refractivity contribution < 1.29 is 19.1 Å². The molecule has 0 aliphatic heterocycles. The maximum Gasteiger partial charge on any atom is 0.336 e. The maximum absolute atomic E-state index is 11.3. The molecule has 0 aliphatic rings. The fourth-order valence-corrected chi connectivity index (χ4v) is 1.29. The van der Waals surface area contributed by atoms with E-state index in [-0.39, 0.29) is 5.91 Å². The highest BCUT2D eigenvalue weighted by molar-refractivity contribution is 5.88. The van der Waals surface area contributed by atoms with Crippen molar-refractivity contribution in [2.45, 2.75) is 27.1 Å². The maximum atomic E-state index is 11.3. The number of amides is 1. The van der Waals surface area contributed by atoms with Crippen molar-refractivity contribution in [2.75, 3.05) is 5.32 Å². The van der Waals surface area contributed by atoms with E-state index in [4.69, 9.17) is 9.47 Å². The molecule has 0 radical (unpaired) electrons. The van der Waals surface area contributed by atoms with Crippen LogP contribution in [0.1, 0.15) is 20.8 Å². The molecule has 1 unspecified atom stereocenters. The monoisotopic (exact) mass is 263 g/mol. The van der Waals surface area contributed by atoms with Crippen LogP contribution in [0.4, 0.5) is 5.69 Å². The van der Waals surface area contributed by atoms with Crippen molar-refractivity contribution in [2.24, 2.45) is 0 Å². The molecule has 1 atom stereocenters. The second kappa shape index (κ2) is 6.58. The highest BCUT2D eigenvalue weighted by atomic mass is 16.7. The van der Waals surface area contributed by atoms with Crippen LogP contribution >= 0.6 is 0 Å². The van der Waals surface area contributed by atoms with Crippen molar-refractivity contribution in [1.29, 1.82) is 0 Å². The second-order valence-electron chi connectivity index (χ2n) is 4.08. The summed E-state index contributed by atoms with van der Waals surface area (Å²) in [7, 11) is 0. The fourth-order valence-electron chi connectivity index (χ4n) is 1.29. The number of ether oxygens (including phenoxy) is 2. The third-order valence-electron chi connectivity index (χ3n) is 2.10. The number of carbonyl (C=O) groups excluding carboxylic acids is 2. The van der Waals surface area contributed by atoms with Crippen LogP contribution in [0.2, 0.25) is 0 Å². The van der Waals surface area contributed by atoms with E-state index in [0.29, 0.717) is 17.0 Å². The summed E-state index contributed by atoms with van der Waals surface area (Å²) in [6, 6.07) is 6.75. The molecule has 1 aromatic carbocycles. The number of hydrogen-bond acceptors (Lipinski definition) is 4. The Kier molecular flexibility index (Phi) is 5.11. The zero-order chi connectivity index (χ0) is 14.4. The van der Waals surface area contributed by atoms with Crippen LogP contribution in [0.25, 0.3) is 0 Å². The van der Waals surface area contributed by atoms with Crippen molar-refractivity contribution in [3.8, 4) is 5.75 Å². The van der Waals surface area contributed by atoms with Gasteiger partial charge in [-0.05, 0) is 31.2 Å². The third kappa shape index (κ3) is 5.25. The van der Waals surface area contributed by atoms with Crippen molar-refractivity contribution in [3.05, 3.63) is 36.4 Å². The summed E-state index contributed by atoms with van der Waals surface area (Å²) in [6.45, 7) is 8.10. The highest BCUT2D eigenvalue weighted by Gasteiger charge is 2.11. The van der Waals surface area contributed by atoms with Gasteiger partial charge in [0.1, 0.15) is 5.75 Å². The summed E-state index contributed by atoms with van der Waals surface area (Å²) < 4.78 is 10.4. The Labute approximate surface area is 112 Å². The van der Waals surface area contributed by atoms with Crippen LogP contribution in [0, 0.1) is 0 Å². The number of rotatable bonds is 5. The lowest BCUT2D eigenvalue weighted by Crippen LogP contribution is -2.21.